The maximum absolute atomic E-state index is 11.5. The van der Waals surface area contributed by atoms with Crippen LogP contribution in [0.2, 0.25) is 0 Å². The van der Waals surface area contributed by atoms with Gasteiger partial charge in [-0.15, -0.1) is 0 Å². The van der Waals surface area contributed by atoms with E-state index >= 15 is 0 Å². The van der Waals surface area contributed by atoms with E-state index in [1.165, 1.54) is 5.69 Å². The van der Waals surface area contributed by atoms with Crippen molar-refractivity contribution in [1.29, 1.82) is 0 Å². The van der Waals surface area contributed by atoms with Gasteiger partial charge in [-0.2, -0.15) is 5.10 Å². The molecule has 0 aliphatic rings. The maximum atomic E-state index is 11.5. The van der Waals surface area contributed by atoms with Crippen molar-refractivity contribution in [3.05, 3.63) is 17.5 Å². The summed E-state index contributed by atoms with van der Waals surface area (Å²) in [6.07, 6.45) is 4.83. The van der Waals surface area contributed by atoms with Crippen LogP contribution >= 0.6 is 0 Å². The van der Waals surface area contributed by atoms with Gasteiger partial charge in [-0.3, -0.25) is 9.48 Å². The quantitative estimate of drug-likeness (QED) is 0.792. The van der Waals surface area contributed by atoms with Crippen molar-refractivity contribution in [2.75, 3.05) is 0 Å². The number of nitrogens with two attached hydrogens (primary N) is 1. The van der Waals surface area contributed by atoms with Crippen LogP contribution in [0.25, 0.3) is 0 Å². The van der Waals surface area contributed by atoms with E-state index in [9.17, 15) is 4.79 Å². The molecule has 1 atom stereocenters. The fourth-order valence-electron chi connectivity index (χ4n) is 1.82. The summed E-state index contributed by atoms with van der Waals surface area (Å²) in [4.78, 5) is 11.5. The number of Topliss-reactive ketones (excluding diaryl/α,β-unsaturated/α-hetero) is 1. The topological polar surface area (TPSA) is 60.9 Å². The molecule has 0 saturated heterocycles. The number of hydrogen-bond donors (Lipinski definition) is 1. The summed E-state index contributed by atoms with van der Waals surface area (Å²) >= 11 is 0. The number of carbonyl (C=O) groups is 1. The van der Waals surface area contributed by atoms with E-state index in [2.05, 4.69) is 5.10 Å². The molecule has 0 aliphatic carbocycles. The van der Waals surface area contributed by atoms with Crippen LogP contribution in [0.4, 0.5) is 0 Å². The molecule has 1 heterocycles. The van der Waals surface area contributed by atoms with E-state index in [0.717, 1.165) is 18.4 Å². The van der Waals surface area contributed by atoms with Crippen molar-refractivity contribution in [1.82, 2.24) is 9.78 Å². The van der Waals surface area contributed by atoms with Crippen molar-refractivity contribution in [3.63, 3.8) is 0 Å². The maximum Gasteiger partial charge on any atom is 0.149 e. The molecule has 4 nitrogen and oxygen atoms in total. The predicted molar refractivity (Wildman–Crippen MR) is 64.2 cm³/mol. The fraction of sp³-hybridized carbons (Fsp3) is 0.667. The van der Waals surface area contributed by atoms with Gasteiger partial charge in [0.1, 0.15) is 5.78 Å². The molecule has 1 rings (SSSR count). The second kappa shape index (κ2) is 5.80. The molecule has 0 radical (unpaired) electrons. The van der Waals surface area contributed by atoms with Crippen molar-refractivity contribution < 1.29 is 4.79 Å². The Balaban J connectivity index is 2.48. The third-order valence-corrected chi connectivity index (χ3v) is 2.87. The van der Waals surface area contributed by atoms with E-state index in [0.29, 0.717) is 12.8 Å². The third kappa shape index (κ3) is 3.17. The van der Waals surface area contributed by atoms with Crippen LogP contribution < -0.4 is 5.73 Å². The fourth-order valence-corrected chi connectivity index (χ4v) is 1.82. The van der Waals surface area contributed by atoms with Crippen LogP contribution in [-0.2, 0) is 18.3 Å². The summed E-state index contributed by atoms with van der Waals surface area (Å²) in [6, 6.07) is -0.325. The number of aryl methyl sites for hydroxylation is 2. The molecule has 0 saturated carbocycles. The highest BCUT2D eigenvalue weighted by molar-refractivity contribution is 5.83. The molecule has 0 fully saturated rings. The number of carbonyl (C=O) groups excluding carboxylic acids is 1. The Hall–Kier alpha value is -1.16. The lowest BCUT2D eigenvalue weighted by molar-refractivity contribution is -0.120. The molecule has 90 valence electrons. The number of aromatic nitrogens is 2. The molecule has 2 N–H and O–H groups in total. The van der Waals surface area contributed by atoms with Gasteiger partial charge in [0.2, 0.25) is 0 Å². The van der Waals surface area contributed by atoms with Crippen LogP contribution in [-0.4, -0.2) is 21.6 Å². The number of rotatable bonds is 6. The molecule has 0 amide bonds. The lowest BCUT2D eigenvalue weighted by Crippen LogP contribution is -2.31. The minimum Gasteiger partial charge on any atom is -0.321 e. The Morgan fingerprint density at radius 3 is 2.81 bits per heavy atom. The number of nitrogens with zero attached hydrogens (tertiary/aromatic N) is 2. The van der Waals surface area contributed by atoms with Gasteiger partial charge >= 0.3 is 0 Å². The zero-order valence-electron chi connectivity index (χ0n) is 10.4. The highest BCUT2D eigenvalue weighted by Crippen LogP contribution is 2.10. The van der Waals surface area contributed by atoms with Crippen LogP contribution in [0.15, 0.2) is 6.20 Å². The minimum atomic E-state index is -0.325. The average Bonchev–Trinajstić information content (AvgIpc) is 2.56. The minimum absolute atomic E-state index is 0.169. The van der Waals surface area contributed by atoms with Crippen LogP contribution in [0.3, 0.4) is 0 Å². The number of hydrogen-bond acceptors (Lipinski definition) is 3. The first-order valence-corrected chi connectivity index (χ1v) is 5.82. The van der Waals surface area contributed by atoms with E-state index in [1.807, 2.05) is 31.8 Å². The Bertz CT molecular complexity index is 338. The van der Waals surface area contributed by atoms with Crippen molar-refractivity contribution in [2.45, 2.75) is 45.6 Å². The molecule has 16 heavy (non-hydrogen) atoms. The highest BCUT2D eigenvalue weighted by Gasteiger charge is 2.14. The number of ketones is 1. The Morgan fingerprint density at radius 1 is 1.62 bits per heavy atom. The van der Waals surface area contributed by atoms with Crippen LogP contribution in [0.1, 0.15) is 37.4 Å². The first-order chi connectivity index (χ1) is 7.56. The normalized spacial score (nSPS) is 12.8. The predicted octanol–water partition coefficient (Wildman–Crippen LogP) is 1.36. The SMILES string of the molecule is CCCC(=O)C(N)CCc1c(C)cnn1C. The molecular formula is C12H21N3O. The third-order valence-electron chi connectivity index (χ3n) is 2.87. The van der Waals surface area contributed by atoms with Crippen molar-refractivity contribution in [3.8, 4) is 0 Å². The molecule has 1 aromatic rings. The second-order valence-corrected chi connectivity index (χ2v) is 4.26. The largest absolute Gasteiger partial charge is 0.321 e. The molecule has 1 aromatic heterocycles. The molecule has 4 heteroatoms. The summed E-state index contributed by atoms with van der Waals surface area (Å²) in [7, 11) is 1.92. The summed E-state index contributed by atoms with van der Waals surface area (Å²) in [5.74, 6) is 0.169. The van der Waals surface area contributed by atoms with E-state index in [1.54, 1.807) is 0 Å². The van der Waals surface area contributed by atoms with Crippen molar-refractivity contribution in [2.24, 2.45) is 12.8 Å². The zero-order chi connectivity index (χ0) is 12.1. The Kier molecular flexibility index (Phi) is 4.68. The molecular weight excluding hydrogens is 202 g/mol. The van der Waals surface area contributed by atoms with Gasteiger partial charge in [-0.05, 0) is 31.7 Å². The molecule has 1 unspecified atom stereocenters. The van der Waals surface area contributed by atoms with Crippen molar-refractivity contribution >= 4 is 5.78 Å². The van der Waals surface area contributed by atoms with Gasteiger partial charge in [-0.25, -0.2) is 0 Å². The summed E-state index contributed by atoms with van der Waals surface area (Å²) in [5, 5.41) is 4.17. The standard InChI is InChI=1S/C12H21N3O/c1-4-5-12(16)10(13)6-7-11-9(2)8-14-15(11)3/h8,10H,4-7,13H2,1-3H3. The van der Waals surface area contributed by atoms with E-state index in [-0.39, 0.29) is 11.8 Å². The molecule has 0 spiro atoms. The summed E-state index contributed by atoms with van der Waals surface area (Å²) in [6.45, 7) is 4.03. The van der Waals surface area contributed by atoms with Gasteiger partial charge in [0.15, 0.2) is 0 Å². The van der Waals surface area contributed by atoms with E-state index in [4.69, 9.17) is 5.73 Å². The lowest BCUT2D eigenvalue weighted by Gasteiger charge is -2.10. The van der Waals surface area contributed by atoms with Gasteiger partial charge in [0, 0.05) is 19.2 Å². The monoisotopic (exact) mass is 223 g/mol. The summed E-state index contributed by atoms with van der Waals surface area (Å²) in [5.41, 5.74) is 8.17. The van der Waals surface area contributed by atoms with Gasteiger partial charge in [0.25, 0.3) is 0 Å². The Morgan fingerprint density at radius 2 is 2.31 bits per heavy atom. The highest BCUT2D eigenvalue weighted by atomic mass is 16.1. The van der Waals surface area contributed by atoms with Crippen LogP contribution in [0, 0.1) is 6.92 Å². The van der Waals surface area contributed by atoms with Crippen LogP contribution in [0.5, 0.6) is 0 Å². The van der Waals surface area contributed by atoms with Gasteiger partial charge in [0.05, 0.1) is 12.2 Å². The van der Waals surface area contributed by atoms with E-state index < -0.39 is 0 Å². The van der Waals surface area contributed by atoms with Gasteiger partial charge < -0.3 is 5.73 Å². The zero-order valence-corrected chi connectivity index (χ0v) is 10.4. The lowest BCUT2D eigenvalue weighted by atomic mass is 10.0. The molecule has 0 aliphatic heterocycles. The molecule has 0 aromatic carbocycles. The average molecular weight is 223 g/mol. The summed E-state index contributed by atoms with van der Waals surface area (Å²) < 4.78 is 1.85. The van der Waals surface area contributed by atoms with Gasteiger partial charge in [-0.1, -0.05) is 6.92 Å². The first kappa shape index (κ1) is 12.9. The first-order valence-electron chi connectivity index (χ1n) is 5.82. The Labute approximate surface area is 96.8 Å². The molecule has 0 bridgehead atoms. The smallest absolute Gasteiger partial charge is 0.149 e. The second-order valence-electron chi connectivity index (χ2n) is 4.26.